The Kier molecular flexibility index (Phi) is 3.59. The normalized spacial score (nSPS) is 22.6. The third-order valence-corrected chi connectivity index (χ3v) is 4.09. The van der Waals surface area contributed by atoms with Crippen LogP contribution in [-0.4, -0.2) is 26.3 Å². The number of rotatable bonds is 2. The number of alkyl halides is 1. The summed E-state index contributed by atoms with van der Waals surface area (Å²) in [6.07, 6.45) is 2.22. The molecule has 1 saturated heterocycles. The quantitative estimate of drug-likeness (QED) is 0.902. The smallest absolute Gasteiger partial charge is 0.161 e. The van der Waals surface area contributed by atoms with Crippen molar-refractivity contribution in [1.82, 2.24) is 5.32 Å². The number of ether oxygens (including phenoxy) is 2. The van der Waals surface area contributed by atoms with Gasteiger partial charge in [0.25, 0.3) is 0 Å². The van der Waals surface area contributed by atoms with Crippen molar-refractivity contribution in [2.24, 2.45) is 0 Å². The fraction of sp³-hybridized carbons (Fsp3) is 0.625. The Morgan fingerprint density at radius 2 is 1.90 bits per heavy atom. The molecule has 0 radical (unpaired) electrons. The number of piperidine rings is 1. The van der Waals surface area contributed by atoms with Crippen molar-refractivity contribution in [2.45, 2.75) is 38.3 Å². The van der Waals surface area contributed by atoms with Crippen LogP contribution in [0.5, 0.6) is 11.5 Å². The largest absolute Gasteiger partial charge is 0.486 e. The van der Waals surface area contributed by atoms with E-state index >= 15 is 0 Å². The average molecular weight is 279 g/mol. The maximum absolute atomic E-state index is 14.6. The average Bonchev–Trinajstić information content (AvgIpc) is 2.46. The van der Waals surface area contributed by atoms with Gasteiger partial charge >= 0.3 is 0 Å². The zero-order valence-electron chi connectivity index (χ0n) is 12.2. The van der Waals surface area contributed by atoms with Crippen molar-refractivity contribution >= 4 is 0 Å². The maximum atomic E-state index is 14.6. The summed E-state index contributed by atoms with van der Waals surface area (Å²) in [5, 5.41) is 3.40. The van der Waals surface area contributed by atoms with Gasteiger partial charge in [0.15, 0.2) is 11.5 Å². The Morgan fingerprint density at radius 1 is 1.20 bits per heavy atom. The SMILES string of the molecule is CC(C)(F)c1cc2c(cc1C1CCCNC1)OCCO2. The molecule has 0 spiro atoms. The minimum atomic E-state index is -1.37. The summed E-state index contributed by atoms with van der Waals surface area (Å²) in [6, 6.07) is 3.82. The van der Waals surface area contributed by atoms with Crippen molar-refractivity contribution in [3.8, 4) is 11.5 Å². The summed E-state index contributed by atoms with van der Waals surface area (Å²) in [7, 11) is 0. The Bertz CT molecular complexity index is 490. The Balaban J connectivity index is 2.05. The fourth-order valence-electron chi connectivity index (χ4n) is 3.07. The van der Waals surface area contributed by atoms with Gasteiger partial charge in [0, 0.05) is 6.54 Å². The van der Waals surface area contributed by atoms with Crippen LogP contribution in [0.15, 0.2) is 12.1 Å². The molecular weight excluding hydrogens is 257 g/mol. The number of hydrogen-bond acceptors (Lipinski definition) is 3. The van der Waals surface area contributed by atoms with E-state index < -0.39 is 5.67 Å². The Hall–Kier alpha value is -1.29. The van der Waals surface area contributed by atoms with Crippen molar-refractivity contribution in [3.63, 3.8) is 0 Å². The number of halogens is 1. The third-order valence-electron chi connectivity index (χ3n) is 4.09. The lowest BCUT2D eigenvalue weighted by atomic mass is 9.83. The van der Waals surface area contributed by atoms with Crippen LogP contribution in [0, 0.1) is 0 Å². The summed E-state index contributed by atoms with van der Waals surface area (Å²) in [4.78, 5) is 0. The van der Waals surface area contributed by atoms with Crippen molar-refractivity contribution in [1.29, 1.82) is 0 Å². The van der Waals surface area contributed by atoms with Gasteiger partial charge in [-0.3, -0.25) is 0 Å². The summed E-state index contributed by atoms with van der Waals surface area (Å²) in [5.74, 6) is 1.78. The van der Waals surface area contributed by atoms with E-state index in [-0.39, 0.29) is 0 Å². The topological polar surface area (TPSA) is 30.5 Å². The van der Waals surface area contributed by atoms with Crippen LogP contribution in [0.4, 0.5) is 4.39 Å². The number of nitrogens with one attached hydrogen (secondary N) is 1. The first kappa shape index (κ1) is 13.7. The number of hydrogen-bond donors (Lipinski definition) is 1. The molecular formula is C16H22FNO2. The van der Waals surface area contributed by atoms with Crippen LogP contribution < -0.4 is 14.8 Å². The second kappa shape index (κ2) is 5.24. The third kappa shape index (κ3) is 2.62. The molecule has 0 aliphatic carbocycles. The molecule has 1 fully saturated rings. The van der Waals surface area contributed by atoms with Crippen LogP contribution in [0.1, 0.15) is 43.7 Å². The highest BCUT2D eigenvalue weighted by Gasteiger charge is 2.30. The molecule has 2 aliphatic heterocycles. The minimum Gasteiger partial charge on any atom is -0.486 e. The predicted octanol–water partition coefficient (Wildman–Crippen LogP) is 3.13. The molecule has 110 valence electrons. The highest BCUT2D eigenvalue weighted by molar-refractivity contribution is 5.51. The molecule has 0 amide bonds. The van der Waals surface area contributed by atoms with Crippen molar-refractivity contribution in [3.05, 3.63) is 23.3 Å². The molecule has 4 heteroatoms. The molecule has 1 aromatic carbocycles. The molecule has 2 aliphatic rings. The van der Waals surface area contributed by atoms with Crippen LogP contribution in [0.25, 0.3) is 0 Å². The van der Waals surface area contributed by atoms with Crippen LogP contribution >= 0.6 is 0 Å². The lowest BCUT2D eigenvalue weighted by Crippen LogP contribution is -2.30. The second-order valence-electron chi connectivity index (χ2n) is 6.10. The molecule has 3 rings (SSSR count). The van der Waals surface area contributed by atoms with Crippen LogP contribution in [0.2, 0.25) is 0 Å². The van der Waals surface area contributed by atoms with Gasteiger partial charge in [0.1, 0.15) is 18.9 Å². The van der Waals surface area contributed by atoms with E-state index in [2.05, 4.69) is 5.32 Å². The molecule has 1 N–H and O–H groups in total. The minimum absolute atomic E-state index is 0.351. The summed E-state index contributed by atoms with van der Waals surface area (Å²) >= 11 is 0. The highest BCUT2D eigenvalue weighted by Crippen LogP contribution is 2.42. The molecule has 0 bridgehead atoms. The van der Waals surface area contributed by atoms with Gasteiger partial charge in [-0.1, -0.05) is 0 Å². The lowest BCUT2D eigenvalue weighted by Gasteiger charge is -2.30. The van der Waals surface area contributed by atoms with Crippen LogP contribution in [0.3, 0.4) is 0 Å². The van der Waals surface area contributed by atoms with E-state index in [1.165, 1.54) is 0 Å². The first-order valence-electron chi connectivity index (χ1n) is 7.39. The van der Waals surface area contributed by atoms with Crippen LogP contribution in [-0.2, 0) is 5.67 Å². The summed E-state index contributed by atoms with van der Waals surface area (Å²) < 4.78 is 25.8. The monoisotopic (exact) mass is 279 g/mol. The van der Waals surface area contributed by atoms with Crippen molar-refractivity contribution < 1.29 is 13.9 Å². The molecule has 2 heterocycles. The highest BCUT2D eigenvalue weighted by atomic mass is 19.1. The molecule has 1 unspecified atom stereocenters. The molecule has 20 heavy (non-hydrogen) atoms. The van der Waals surface area contributed by atoms with E-state index in [0.717, 1.165) is 42.8 Å². The van der Waals surface area contributed by atoms with Gasteiger partial charge in [0.05, 0.1) is 0 Å². The fourth-order valence-corrected chi connectivity index (χ4v) is 3.07. The second-order valence-corrected chi connectivity index (χ2v) is 6.10. The van der Waals surface area contributed by atoms with Gasteiger partial charge in [-0.05, 0) is 62.4 Å². The number of benzene rings is 1. The molecule has 1 aromatic rings. The molecule has 1 atom stereocenters. The Morgan fingerprint density at radius 3 is 2.50 bits per heavy atom. The first-order chi connectivity index (χ1) is 9.55. The van der Waals surface area contributed by atoms with Crippen molar-refractivity contribution in [2.75, 3.05) is 26.3 Å². The lowest BCUT2D eigenvalue weighted by molar-refractivity contribution is 0.168. The standard InChI is InChI=1S/C16H22FNO2/c1-16(2,17)13-9-15-14(19-6-7-20-15)8-12(13)11-4-3-5-18-10-11/h8-9,11,18H,3-7,10H2,1-2H3. The van der Waals surface area contributed by atoms with E-state index in [1.54, 1.807) is 13.8 Å². The predicted molar refractivity (Wildman–Crippen MR) is 76.4 cm³/mol. The van der Waals surface area contributed by atoms with Gasteiger partial charge in [0.2, 0.25) is 0 Å². The first-order valence-corrected chi connectivity index (χ1v) is 7.39. The molecule has 0 aromatic heterocycles. The van der Waals surface area contributed by atoms with E-state index in [4.69, 9.17) is 9.47 Å². The van der Waals surface area contributed by atoms with E-state index in [0.29, 0.717) is 24.9 Å². The summed E-state index contributed by atoms with van der Waals surface area (Å²) in [6.45, 7) is 6.27. The zero-order valence-corrected chi connectivity index (χ0v) is 12.2. The molecule has 0 saturated carbocycles. The van der Waals surface area contributed by atoms with Gasteiger partial charge in [-0.15, -0.1) is 0 Å². The summed E-state index contributed by atoms with van der Waals surface area (Å²) in [5.41, 5.74) is 0.423. The van der Waals surface area contributed by atoms with Gasteiger partial charge < -0.3 is 14.8 Å². The van der Waals surface area contributed by atoms with E-state index in [1.807, 2.05) is 12.1 Å². The zero-order chi connectivity index (χ0) is 14.2. The Labute approximate surface area is 119 Å². The van der Waals surface area contributed by atoms with Gasteiger partial charge in [-0.2, -0.15) is 0 Å². The maximum Gasteiger partial charge on any atom is 0.161 e. The van der Waals surface area contributed by atoms with E-state index in [9.17, 15) is 4.39 Å². The number of fused-ring (bicyclic) bond motifs is 1. The van der Waals surface area contributed by atoms with Gasteiger partial charge in [-0.25, -0.2) is 4.39 Å². The molecule has 3 nitrogen and oxygen atoms in total.